The minimum absolute atomic E-state index is 0.428. The van der Waals surface area contributed by atoms with Gasteiger partial charge in [-0.15, -0.1) is 0 Å². The van der Waals surface area contributed by atoms with Crippen molar-refractivity contribution in [1.29, 1.82) is 0 Å². The summed E-state index contributed by atoms with van der Waals surface area (Å²) in [5.41, 5.74) is 1.24. The van der Waals surface area contributed by atoms with Gasteiger partial charge in [-0.1, -0.05) is 24.3 Å². The van der Waals surface area contributed by atoms with Crippen LogP contribution in [-0.4, -0.2) is 12.2 Å². The van der Waals surface area contributed by atoms with Crippen LogP contribution in [-0.2, 0) is 4.74 Å². The highest BCUT2D eigenvalue weighted by atomic mass is 16.6. The summed E-state index contributed by atoms with van der Waals surface area (Å²) in [6, 6.07) is 0. The van der Waals surface area contributed by atoms with Crippen molar-refractivity contribution in [2.45, 2.75) is 31.5 Å². The van der Waals surface area contributed by atoms with Crippen LogP contribution in [0.1, 0.15) is 19.3 Å². The maximum absolute atomic E-state index is 5.36. The van der Waals surface area contributed by atoms with Crippen LogP contribution in [0, 0.1) is 0 Å². The number of hydrogen-bond acceptors (Lipinski definition) is 1. The highest BCUT2D eigenvalue weighted by Crippen LogP contribution is 2.31. The molecule has 0 spiro atoms. The fraction of sp³-hybridized carbons (Fsp3) is 0.556. The first-order chi connectivity index (χ1) is 4.86. The molecule has 1 heterocycles. The number of hydrogen-bond donors (Lipinski definition) is 0. The first-order valence-electron chi connectivity index (χ1n) is 3.88. The third-order valence-electron chi connectivity index (χ3n) is 2.13. The molecule has 0 N–H and O–H groups in total. The van der Waals surface area contributed by atoms with Gasteiger partial charge in [0.2, 0.25) is 0 Å². The summed E-state index contributed by atoms with van der Waals surface area (Å²) in [4.78, 5) is 0. The van der Waals surface area contributed by atoms with Crippen molar-refractivity contribution in [2.75, 3.05) is 0 Å². The van der Waals surface area contributed by atoms with E-state index in [1.165, 1.54) is 18.4 Å². The zero-order valence-electron chi connectivity index (χ0n) is 6.05. The summed E-state index contributed by atoms with van der Waals surface area (Å²) in [7, 11) is 0. The van der Waals surface area contributed by atoms with Crippen molar-refractivity contribution < 1.29 is 4.74 Å². The van der Waals surface area contributed by atoms with Gasteiger partial charge in [-0.2, -0.15) is 0 Å². The van der Waals surface area contributed by atoms with Crippen LogP contribution in [0.3, 0.4) is 0 Å². The first kappa shape index (κ1) is 6.17. The number of ether oxygens (including phenoxy) is 1. The topological polar surface area (TPSA) is 12.5 Å². The Bertz CT molecular complexity index is 181. The smallest absolute Gasteiger partial charge is 0.103 e. The Morgan fingerprint density at radius 1 is 1.60 bits per heavy atom. The minimum atomic E-state index is 0.428. The van der Waals surface area contributed by atoms with Crippen molar-refractivity contribution in [1.82, 2.24) is 0 Å². The Hall–Kier alpha value is -0.560. The van der Waals surface area contributed by atoms with Gasteiger partial charge in [-0.3, -0.25) is 0 Å². The van der Waals surface area contributed by atoms with Crippen molar-refractivity contribution in [3.63, 3.8) is 0 Å². The lowest BCUT2D eigenvalue weighted by Crippen LogP contribution is -1.94. The average Bonchev–Trinajstić information content (AvgIpc) is 2.59. The lowest BCUT2D eigenvalue weighted by atomic mass is 10.0. The third-order valence-corrected chi connectivity index (χ3v) is 2.13. The monoisotopic (exact) mass is 136 g/mol. The van der Waals surface area contributed by atoms with E-state index >= 15 is 0 Å². The van der Waals surface area contributed by atoms with Gasteiger partial charge in [0.1, 0.15) is 6.10 Å². The van der Waals surface area contributed by atoms with Gasteiger partial charge >= 0.3 is 0 Å². The molecule has 10 heavy (non-hydrogen) atoms. The molecule has 1 aliphatic carbocycles. The standard InChI is InChI=1S/C9H12O/c1-7-3-2-4-8-9(10-8)6-5-7/h5-6,8-9H,1-4H2. The Morgan fingerprint density at radius 2 is 2.50 bits per heavy atom. The van der Waals surface area contributed by atoms with Crippen LogP contribution < -0.4 is 0 Å². The van der Waals surface area contributed by atoms with Gasteiger partial charge in [0, 0.05) is 0 Å². The van der Waals surface area contributed by atoms with E-state index in [4.69, 9.17) is 4.74 Å². The average molecular weight is 136 g/mol. The molecule has 0 aromatic heterocycles. The van der Waals surface area contributed by atoms with E-state index in [1.807, 2.05) is 0 Å². The molecule has 0 aromatic rings. The lowest BCUT2D eigenvalue weighted by Gasteiger charge is -2.00. The molecule has 54 valence electrons. The number of allylic oxidation sites excluding steroid dienone is 2. The third kappa shape index (κ3) is 1.14. The second-order valence-corrected chi connectivity index (χ2v) is 3.05. The Kier molecular flexibility index (Phi) is 1.38. The van der Waals surface area contributed by atoms with Crippen LogP contribution in [0.25, 0.3) is 0 Å². The van der Waals surface area contributed by atoms with Gasteiger partial charge in [0.25, 0.3) is 0 Å². The molecular formula is C9H12O. The second-order valence-electron chi connectivity index (χ2n) is 3.05. The number of rotatable bonds is 0. The molecule has 0 amide bonds. The van der Waals surface area contributed by atoms with Crippen LogP contribution in [0.5, 0.6) is 0 Å². The zero-order chi connectivity index (χ0) is 6.97. The normalized spacial score (nSPS) is 38.2. The quantitative estimate of drug-likeness (QED) is 0.464. The second kappa shape index (κ2) is 2.24. The van der Waals surface area contributed by atoms with Crippen molar-refractivity contribution in [2.24, 2.45) is 0 Å². The van der Waals surface area contributed by atoms with Gasteiger partial charge in [0.15, 0.2) is 0 Å². The molecule has 2 atom stereocenters. The molecule has 1 saturated heterocycles. The van der Waals surface area contributed by atoms with Gasteiger partial charge in [0.05, 0.1) is 6.10 Å². The molecule has 0 aromatic carbocycles. The Balaban J connectivity index is 2.04. The predicted octanol–water partition coefficient (Wildman–Crippen LogP) is 2.05. The van der Waals surface area contributed by atoms with E-state index in [0.29, 0.717) is 12.2 Å². The fourth-order valence-corrected chi connectivity index (χ4v) is 1.40. The summed E-state index contributed by atoms with van der Waals surface area (Å²) in [6.45, 7) is 3.93. The van der Waals surface area contributed by atoms with E-state index in [0.717, 1.165) is 6.42 Å². The van der Waals surface area contributed by atoms with Crippen LogP contribution in [0.2, 0.25) is 0 Å². The maximum Gasteiger partial charge on any atom is 0.103 e. The number of epoxide rings is 1. The molecule has 1 heteroatoms. The van der Waals surface area contributed by atoms with E-state index in [9.17, 15) is 0 Å². The SMILES string of the molecule is C=C1C=CC2OC2CCC1. The summed E-state index contributed by atoms with van der Waals surface area (Å²) in [5, 5.41) is 0. The molecule has 0 bridgehead atoms. The Morgan fingerprint density at radius 3 is 3.40 bits per heavy atom. The van der Waals surface area contributed by atoms with Gasteiger partial charge in [-0.25, -0.2) is 0 Å². The largest absolute Gasteiger partial charge is 0.365 e. The highest BCUT2D eigenvalue weighted by Gasteiger charge is 2.36. The molecule has 2 unspecified atom stereocenters. The zero-order valence-corrected chi connectivity index (χ0v) is 6.05. The van der Waals surface area contributed by atoms with Gasteiger partial charge < -0.3 is 4.74 Å². The van der Waals surface area contributed by atoms with Crippen molar-refractivity contribution in [3.05, 3.63) is 24.3 Å². The van der Waals surface area contributed by atoms with Crippen LogP contribution >= 0.6 is 0 Å². The summed E-state index contributed by atoms with van der Waals surface area (Å²) >= 11 is 0. The molecular weight excluding hydrogens is 124 g/mol. The molecule has 0 radical (unpaired) electrons. The first-order valence-corrected chi connectivity index (χ1v) is 3.88. The summed E-state index contributed by atoms with van der Waals surface area (Å²) < 4.78 is 5.36. The Labute approximate surface area is 61.4 Å². The molecule has 1 nitrogen and oxygen atoms in total. The number of fused-ring (bicyclic) bond motifs is 1. The van der Waals surface area contributed by atoms with Crippen LogP contribution in [0.4, 0.5) is 0 Å². The highest BCUT2D eigenvalue weighted by molar-refractivity contribution is 5.19. The van der Waals surface area contributed by atoms with E-state index in [1.54, 1.807) is 0 Å². The van der Waals surface area contributed by atoms with Crippen molar-refractivity contribution in [3.8, 4) is 0 Å². The van der Waals surface area contributed by atoms with Crippen LogP contribution in [0.15, 0.2) is 24.3 Å². The van der Waals surface area contributed by atoms with E-state index in [2.05, 4.69) is 18.7 Å². The lowest BCUT2D eigenvalue weighted by molar-refractivity contribution is 0.377. The molecule has 1 aliphatic heterocycles. The summed E-state index contributed by atoms with van der Waals surface area (Å²) in [6.07, 6.45) is 8.80. The summed E-state index contributed by atoms with van der Waals surface area (Å²) in [5.74, 6) is 0. The van der Waals surface area contributed by atoms with E-state index < -0.39 is 0 Å². The van der Waals surface area contributed by atoms with E-state index in [-0.39, 0.29) is 0 Å². The molecule has 2 aliphatic rings. The maximum atomic E-state index is 5.36. The minimum Gasteiger partial charge on any atom is -0.365 e. The molecule has 1 fully saturated rings. The molecule has 0 saturated carbocycles. The van der Waals surface area contributed by atoms with Gasteiger partial charge in [-0.05, 0) is 19.3 Å². The fourth-order valence-electron chi connectivity index (χ4n) is 1.40. The molecule has 2 rings (SSSR count). The van der Waals surface area contributed by atoms with Crippen molar-refractivity contribution >= 4 is 0 Å². The predicted molar refractivity (Wildman–Crippen MR) is 40.8 cm³/mol.